The number of morpholine rings is 1. The molecule has 2 rings (SSSR count). The highest BCUT2D eigenvalue weighted by atomic mass is 79.9. The van der Waals surface area contributed by atoms with Crippen LogP contribution in [0.1, 0.15) is 0 Å². The van der Waals surface area contributed by atoms with E-state index in [-0.39, 0.29) is 0 Å². The second kappa shape index (κ2) is 5.29. The van der Waals surface area contributed by atoms with Gasteiger partial charge < -0.3 is 15.0 Å². The quantitative estimate of drug-likeness (QED) is 0.878. The number of ether oxygens (including phenoxy) is 1. The minimum absolute atomic E-state index is 0.399. The Morgan fingerprint density at radius 2 is 2.53 bits per heavy atom. The molecule has 0 aromatic carbocycles. The first-order valence-corrected chi connectivity index (χ1v) is 6.00. The van der Waals surface area contributed by atoms with Gasteiger partial charge in [-0.3, -0.25) is 0 Å². The summed E-state index contributed by atoms with van der Waals surface area (Å²) < 4.78 is 6.11. The SMILES string of the molecule is CNc1ncc(Br)c(N2CCOC(C#N)C2)n1. The van der Waals surface area contributed by atoms with E-state index in [0.29, 0.717) is 19.1 Å². The Hall–Kier alpha value is -1.39. The van der Waals surface area contributed by atoms with Crippen LogP contribution in [0, 0.1) is 11.3 Å². The third-order valence-corrected chi connectivity index (χ3v) is 3.02. The molecule has 0 radical (unpaired) electrons. The van der Waals surface area contributed by atoms with Crippen LogP contribution in [0.4, 0.5) is 11.8 Å². The third-order valence-electron chi connectivity index (χ3n) is 2.46. The maximum Gasteiger partial charge on any atom is 0.224 e. The van der Waals surface area contributed by atoms with Crippen molar-refractivity contribution in [2.75, 3.05) is 37.0 Å². The number of anilines is 2. The van der Waals surface area contributed by atoms with Gasteiger partial charge in [0.1, 0.15) is 5.82 Å². The molecule has 1 aliphatic heterocycles. The maximum absolute atomic E-state index is 8.87. The average Bonchev–Trinajstić information content (AvgIpc) is 2.39. The Labute approximate surface area is 108 Å². The van der Waals surface area contributed by atoms with Gasteiger partial charge in [-0.05, 0) is 15.9 Å². The molecule has 0 aliphatic carbocycles. The van der Waals surface area contributed by atoms with E-state index in [1.54, 1.807) is 13.2 Å². The number of halogens is 1. The molecule has 17 heavy (non-hydrogen) atoms. The number of hydrogen-bond acceptors (Lipinski definition) is 6. The van der Waals surface area contributed by atoms with Crippen molar-refractivity contribution in [3.8, 4) is 6.07 Å². The second-order valence-electron chi connectivity index (χ2n) is 3.55. The van der Waals surface area contributed by atoms with Crippen LogP contribution in [0.3, 0.4) is 0 Å². The lowest BCUT2D eigenvalue weighted by Gasteiger charge is -2.31. The second-order valence-corrected chi connectivity index (χ2v) is 4.40. The summed E-state index contributed by atoms with van der Waals surface area (Å²) in [5, 5.41) is 11.8. The monoisotopic (exact) mass is 297 g/mol. The molecule has 1 atom stereocenters. The molecule has 1 unspecified atom stereocenters. The Bertz CT molecular complexity index is 447. The fourth-order valence-electron chi connectivity index (χ4n) is 1.62. The predicted molar refractivity (Wildman–Crippen MR) is 66.8 cm³/mol. The fourth-order valence-corrected chi connectivity index (χ4v) is 2.06. The lowest BCUT2D eigenvalue weighted by atomic mass is 10.3. The van der Waals surface area contributed by atoms with Crippen LogP contribution < -0.4 is 10.2 Å². The lowest BCUT2D eigenvalue weighted by molar-refractivity contribution is 0.0761. The molecule has 1 aromatic heterocycles. The number of nitrogens with one attached hydrogen (secondary N) is 1. The molecule has 7 heteroatoms. The molecule has 90 valence electrons. The van der Waals surface area contributed by atoms with Crippen molar-refractivity contribution < 1.29 is 4.74 Å². The molecule has 1 fully saturated rings. The molecule has 2 heterocycles. The molecule has 0 saturated carbocycles. The average molecular weight is 298 g/mol. The molecule has 6 nitrogen and oxygen atoms in total. The highest BCUT2D eigenvalue weighted by molar-refractivity contribution is 9.10. The van der Waals surface area contributed by atoms with Crippen LogP contribution in [0.15, 0.2) is 10.7 Å². The minimum Gasteiger partial charge on any atom is -0.360 e. The van der Waals surface area contributed by atoms with Gasteiger partial charge in [0.2, 0.25) is 5.95 Å². The standard InChI is InChI=1S/C10H12BrN5O/c1-13-10-14-5-8(11)9(15-10)16-2-3-17-7(4-12)6-16/h5,7H,2-3,6H2,1H3,(H,13,14,15). The van der Waals surface area contributed by atoms with E-state index in [2.05, 4.69) is 37.3 Å². The zero-order chi connectivity index (χ0) is 12.3. The zero-order valence-corrected chi connectivity index (χ0v) is 10.9. The first kappa shape index (κ1) is 12.1. The highest BCUT2D eigenvalue weighted by Gasteiger charge is 2.23. The van der Waals surface area contributed by atoms with Crippen LogP contribution in [0.2, 0.25) is 0 Å². The van der Waals surface area contributed by atoms with Gasteiger partial charge in [0.05, 0.1) is 23.7 Å². The summed E-state index contributed by atoms with van der Waals surface area (Å²) in [5.41, 5.74) is 0. The normalized spacial score (nSPS) is 19.8. The minimum atomic E-state index is -0.399. The van der Waals surface area contributed by atoms with E-state index >= 15 is 0 Å². The van der Waals surface area contributed by atoms with Crippen LogP contribution in [0.5, 0.6) is 0 Å². The van der Waals surface area contributed by atoms with Crippen molar-refractivity contribution in [2.45, 2.75) is 6.10 Å². The van der Waals surface area contributed by atoms with Gasteiger partial charge in [-0.1, -0.05) is 0 Å². The van der Waals surface area contributed by atoms with Gasteiger partial charge in [-0.25, -0.2) is 4.98 Å². The van der Waals surface area contributed by atoms with Crippen molar-refractivity contribution in [3.05, 3.63) is 10.7 Å². The Morgan fingerprint density at radius 1 is 1.71 bits per heavy atom. The van der Waals surface area contributed by atoms with Crippen molar-refractivity contribution >= 4 is 27.7 Å². The highest BCUT2D eigenvalue weighted by Crippen LogP contribution is 2.25. The van der Waals surface area contributed by atoms with Crippen LogP contribution in [-0.4, -0.2) is 42.8 Å². The summed E-state index contributed by atoms with van der Waals surface area (Å²) in [4.78, 5) is 10.5. The molecule has 0 bridgehead atoms. The zero-order valence-electron chi connectivity index (χ0n) is 9.35. The van der Waals surface area contributed by atoms with Crippen LogP contribution in [-0.2, 0) is 4.74 Å². The fraction of sp³-hybridized carbons (Fsp3) is 0.500. The van der Waals surface area contributed by atoms with E-state index in [1.807, 2.05) is 4.90 Å². The third kappa shape index (κ3) is 2.65. The number of nitriles is 1. The Kier molecular flexibility index (Phi) is 3.76. The topological polar surface area (TPSA) is 74.1 Å². The molecule has 1 saturated heterocycles. The molecule has 1 aliphatic rings. The molecule has 0 spiro atoms. The maximum atomic E-state index is 8.87. The Balaban J connectivity index is 2.24. The van der Waals surface area contributed by atoms with Crippen molar-refractivity contribution in [2.24, 2.45) is 0 Å². The van der Waals surface area contributed by atoms with E-state index in [0.717, 1.165) is 16.8 Å². The van der Waals surface area contributed by atoms with Gasteiger partial charge in [-0.15, -0.1) is 0 Å². The molecule has 1 N–H and O–H groups in total. The molecule has 1 aromatic rings. The number of aromatic nitrogens is 2. The summed E-state index contributed by atoms with van der Waals surface area (Å²) in [6.07, 6.45) is 1.30. The van der Waals surface area contributed by atoms with E-state index in [9.17, 15) is 0 Å². The summed E-state index contributed by atoms with van der Waals surface area (Å²) >= 11 is 3.42. The van der Waals surface area contributed by atoms with E-state index in [1.165, 1.54) is 0 Å². The Morgan fingerprint density at radius 3 is 3.24 bits per heavy atom. The van der Waals surface area contributed by atoms with E-state index < -0.39 is 6.10 Å². The van der Waals surface area contributed by atoms with Gasteiger partial charge in [0.25, 0.3) is 0 Å². The lowest BCUT2D eigenvalue weighted by Crippen LogP contribution is -2.42. The molecule has 0 amide bonds. The van der Waals surface area contributed by atoms with Gasteiger partial charge in [-0.2, -0.15) is 10.2 Å². The summed E-state index contributed by atoms with van der Waals surface area (Å²) in [5.74, 6) is 1.34. The van der Waals surface area contributed by atoms with Gasteiger partial charge >= 0.3 is 0 Å². The van der Waals surface area contributed by atoms with Gasteiger partial charge in [0.15, 0.2) is 6.10 Å². The van der Waals surface area contributed by atoms with Crippen LogP contribution >= 0.6 is 15.9 Å². The van der Waals surface area contributed by atoms with Crippen molar-refractivity contribution in [1.29, 1.82) is 5.26 Å². The number of rotatable bonds is 2. The summed E-state index contributed by atoms with van der Waals surface area (Å²) in [7, 11) is 1.77. The number of nitrogens with zero attached hydrogens (tertiary/aromatic N) is 4. The van der Waals surface area contributed by atoms with Gasteiger partial charge in [0, 0.05) is 19.8 Å². The predicted octanol–water partition coefficient (Wildman–Crippen LogP) is 1.01. The van der Waals surface area contributed by atoms with Crippen LogP contribution in [0.25, 0.3) is 0 Å². The first-order valence-electron chi connectivity index (χ1n) is 5.21. The smallest absolute Gasteiger partial charge is 0.224 e. The van der Waals surface area contributed by atoms with Crippen molar-refractivity contribution in [1.82, 2.24) is 9.97 Å². The summed E-state index contributed by atoms with van der Waals surface area (Å²) in [6, 6.07) is 2.11. The summed E-state index contributed by atoms with van der Waals surface area (Å²) in [6.45, 7) is 1.77. The van der Waals surface area contributed by atoms with Crippen molar-refractivity contribution in [3.63, 3.8) is 0 Å². The first-order chi connectivity index (χ1) is 8.24. The largest absolute Gasteiger partial charge is 0.360 e. The molecular formula is C10H12BrN5O. The molecular weight excluding hydrogens is 286 g/mol. The van der Waals surface area contributed by atoms with E-state index in [4.69, 9.17) is 10.00 Å². The number of hydrogen-bond donors (Lipinski definition) is 1.